The molecule has 1 aromatic rings. The molecule has 8 heteroatoms. The van der Waals surface area contributed by atoms with E-state index in [1.807, 2.05) is 0 Å². The Morgan fingerprint density at radius 2 is 1.75 bits per heavy atom. The first-order valence-corrected chi connectivity index (χ1v) is 9.55. The third kappa shape index (κ3) is 4.16. The third-order valence-electron chi connectivity index (χ3n) is 5.46. The van der Waals surface area contributed by atoms with Crippen LogP contribution in [0.25, 0.3) is 0 Å². The van der Waals surface area contributed by atoms with Crippen molar-refractivity contribution >= 4 is 23.7 Å². The van der Waals surface area contributed by atoms with Gasteiger partial charge in [-0.3, -0.25) is 14.4 Å². The number of nitrogens with zero attached hydrogens (tertiary/aromatic N) is 2. The second-order valence-corrected chi connectivity index (χ2v) is 7.35. The third-order valence-corrected chi connectivity index (χ3v) is 5.46. The minimum atomic E-state index is -1.14. The number of rotatable bonds is 3. The van der Waals surface area contributed by atoms with Gasteiger partial charge < -0.3 is 20.2 Å². The Morgan fingerprint density at radius 1 is 1.07 bits per heavy atom. The smallest absolute Gasteiger partial charge is 0.328 e. The van der Waals surface area contributed by atoms with Gasteiger partial charge in [-0.1, -0.05) is 31.0 Å². The van der Waals surface area contributed by atoms with Crippen molar-refractivity contribution in [1.29, 1.82) is 0 Å². The monoisotopic (exact) mass is 387 g/mol. The number of hydrogen-bond donors (Lipinski definition) is 2. The van der Waals surface area contributed by atoms with Crippen molar-refractivity contribution in [2.45, 2.75) is 50.7 Å². The fourth-order valence-corrected chi connectivity index (χ4v) is 3.98. The Bertz CT molecular complexity index is 766. The lowest BCUT2D eigenvalue weighted by molar-refractivity contribution is -0.161. The van der Waals surface area contributed by atoms with Crippen LogP contribution in [0.2, 0.25) is 0 Å². The molecule has 2 aliphatic rings. The zero-order chi connectivity index (χ0) is 20.3. The average Bonchev–Trinajstić information content (AvgIpc) is 2.68. The number of carboxylic acids is 1. The summed E-state index contributed by atoms with van der Waals surface area (Å²) in [6, 6.07) is 6.37. The van der Waals surface area contributed by atoms with Crippen molar-refractivity contribution in [1.82, 2.24) is 15.1 Å². The van der Waals surface area contributed by atoms with Crippen molar-refractivity contribution < 1.29 is 24.3 Å². The molecule has 0 aromatic heterocycles. The first kappa shape index (κ1) is 19.9. The molecule has 2 heterocycles. The van der Waals surface area contributed by atoms with Crippen LogP contribution in [0.1, 0.15) is 43.0 Å². The summed E-state index contributed by atoms with van der Waals surface area (Å²) in [5.41, 5.74) is 0.449. The van der Waals surface area contributed by atoms with Crippen LogP contribution in [0.15, 0.2) is 30.3 Å². The van der Waals surface area contributed by atoms with Crippen LogP contribution >= 0.6 is 0 Å². The number of carbonyl (C=O) groups excluding carboxylic acids is 3. The highest BCUT2D eigenvalue weighted by Crippen LogP contribution is 2.26. The molecule has 8 nitrogen and oxygen atoms in total. The van der Waals surface area contributed by atoms with Gasteiger partial charge in [0.15, 0.2) is 0 Å². The van der Waals surface area contributed by atoms with Gasteiger partial charge in [-0.15, -0.1) is 0 Å². The van der Waals surface area contributed by atoms with E-state index in [1.165, 1.54) is 16.7 Å². The van der Waals surface area contributed by atoms with Crippen molar-refractivity contribution in [2.75, 3.05) is 13.1 Å². The molecule has 3 rings (SSSR count). The molecule has 150 valence electrons. The van der Waals surface area contributed by atoms with Gasteiger partial charge in [-0.2, -0.15) is 0 Å². The van der Waals surface area contributed by atoms with Gasteiger partial charge in [0.05, 0.1) is 12.6 Å². The first-order chi connectivity index (χ1) is 13.4. The molecule has 1 aromatic carbocycles. The summed E-state index contributed by atoms with van der Waals surface area (Å²) < 4.78 is 0. The number of hydrogen-bond acceptors (Lipinski definition) is 4. The fraction of sp³-hybridized carbons (Fsp3) is 0.500. The molecule has 0 spiro atoms. The highest BCUT2D eigenvalue weighted by atomic mass is 16.4. The summed E-state index contributed by atoms with van der Waals surface area (Å²) in [7, 11) is 0. The summed E-state index contributed by atoms with van der Waals surface area (Å²) >= 11 is 0. The number of nitrogens with one attached hydrogen (secondary N) is 1. The quantitative estimate of drug-likeness (QED) is 0.800. The zero-order valence-electron chi connectivity index (χ0n) is 15.8. The number of carboxylic acid groups (broad SMARTS) is 1. The summed E-state index contributed by atoms with van der Waals surface area (Å²) in [4.78, 5) is 52.3. The van der Waals surface area contributed by atoms with E-state index >= 15 is 0 Å². The van der Waals surface area contributed by atoms with Crippen LogP contribution in [0, 0.1) is 0 Å². The highest BCUT2D eigenvalue weighted by molar-refractivity contribution is 5.98. The molecule has 0 aliphatic carbocycles. The lowest BCUT2D eigenvalue weighted by Crippen LogP contribution is -2.66. The molecule has 2 aliphatic heterocycles. The SMILES string of the molecule is CC(=O)N1CC2CCCCC(NC(=O)c3ccccc3)C(=O)N2C(C(=O)O)C1. The lowest BCUT2D eigenvalue weighted by atomic mass is 9.93. The molecule has 2 fully saturated rings. The van der Waals surface area contributed by atoms with Crippen LogP contribution in [0.3, 0.4) is 0 Å². The summed E-state index contributed by atoms with van der Waals surface area (Å²) in [6.07, 6.45) is 2.64. The predicted molar refractivity (Wildman–Crippen MR) is 100 cm³/mol. The number of fused-ring (bicyclic) bond motifs is 1. The number of aliphatic carboxylic acids is 1. The fourth-order valence-electron chi connectivity index (χ4n) is 3.98. The van der Waals surface area contributed by atoms with Crippen molar-refractivity contribution in [3.63, 3.8) is 0 Å². The molecule has 0 radical (unpaired) electrons. The van der Waals surface area contributed by atoms with Gasteiger partial charge in [0.25, 0.3) is 5.91 Å². The van der Waals surface area contributed by atoms with Gasteiger partial charge in [-0.25, -0.2) is 4.79 Å². The Morgan fingerprint density at radius 3 is 2.39 bits per heavy atom. The molecular weight excluding hydrogens is 362 g/mol. The van der Waals surface area contributed by atoms with Gasteiger partial charge in [0, 0.05) is 19.0 Å². The Labute approximate surface area is 163 Å². The van der Waals surface area contributed by atoms with Crippen molar-refractivity contribution in [3.8, 4) is 0 Å². The van der Waals surface area contributed by atoms with Gasteiger partial charge in [-0.05, 0) is 25.0 Å². The summed E-state index contributed by atoms with van der Waals surface area (Å²) in [6.45, 7) is 1.69. The molecule has 0 saturated carbocycles. The Hall–Kier alpha value is -2.90. The van der Waals surface area contributed by atoms with Crippen LogP contribution in [-0.2, 0) is 14.4 Å². The average molecular weight is 387 g/mol. The van der Waals surface area contributed by atoms with E-state index in [1.54, 1.807) is 30.3 Å². The topological polar surface area (TPSA) is 107 Å². The van der Waals surface area contributed by atoms with Crippen LogP contribution in [0.5, 0.6) is 0 Å². The highest BCUT2D eigenvalue weighted by Gasteiger charge is 2.44. The predicted octanol–water partition coefficient (Wildman–Crippen LogP) is 0.872. The molecule has 3 unspecified atom stereocenters. The minimum Gasteiger partial charge on any atom is -0.480 e. The Balaban J connectivity index is 1.83. The minimum absolute atomic E-state index is 0.0355. The Kier molecular flexibility index (Phi) is 5.96. The number of piperazine rings is 1. The zero-order valence-corrected chi connectivity index (χ0v) is 15.8. The molecule has 28 heavy (non-hydrogen) atoms. The lowest BCUT2D eigenvalue weighted by Gasteiger charge is -2.47. The maximum Gasteiger partial charge on any atom is 0.328 e. The van der Waals surface area contributed by atoms with E-state index in [0.717, 1.165) is 12.8 Å². The molecule has 3 atom stereocenters. The van der Waals surface area contributed by atoms with Crippen LogP contribution in [0.4, 0.5) is 0 Å². The largest absolute Gasteiger partial charge is 0.480 e. The standard InChI is InChI=1S/C20H25N3O5/c1-13(24)22-11-15-9-5-6-10-16(19(26)23(15)17(12-22)20(27)28)21-18(25)14-7-3-2-4-8-14/h2-4,7-8,15-17H,5-6,9-12H2,1H3,(H,21,25)(H,27,28). The number of amides is 3. The maximum atomic E-state index is 13.2. The van der Waals surface area contributed by atoms with E-state index < -0.39 is 18.1 Å². The van der Waals surface area contributed by atoms with Crippen LogP contribution in [-0.4, -0.2) is 69.8 Å². The number of benzene rings is 1. The summed E-state index contributed by atoms with van der Waals surface area (Å²) in [5, 5.41) is 12.5. The normalized spacial score (nSPS) is 25.3. The second-order valence-electron chi connectivity index (χ2n) is 7.35. The molecule has 0 bridgehead atoms. The molecular formula is C20H25N3O5. The van der Waals surface area contributed by atoms with E-state index in [9.17, 15) is 24.3 Å². The van der Waals surface area contributed by atoms with Gasteiger partial charge in [0.2, 0.25) is 11.8 Å². The number of carbonyl (C=O) groups is 4. The first-order valence-electron chi connectivity index (χ1n) is 9.55. The van der Waals surface area contributed by atoms with Gasteiger partial charge >= 0.3 is 5.97 Å². The van der Waals surface area contributed by atoms with E-state index in [4.69, 9.17) is 0 Å². The summed E-state index contributed by atoms with van der Waals surface area (Å²) in [5.74, 6) is -2.08. The van der Waals surface area contributed by atoms with Crippen LogP contribution < -0.4 is 5.32 Å². The van der Waals surface area contributed by atoms with Crippen molar-refractivity contribution in [3.05, 3.63) is 35.9 Å². The van der Waals surface area contributed by atoms with E-state index in [0.29, 0.717) is 24.9 Å². The maximum absolute atomic E-state index is 13.2. The van der Waals surface area contributed by atoms with Crippen molar-refractivity contribution in [2.24, 2.45) is 0 Å². The van der Waals surface area contributed by atoms with Gasteiger partial charge in [0.1, 0.15) is 12.1 Å². The second kappa shape index (κ2) is 8.41. The molecule has 3 amide bonds. The molecule has 2 saturated heterocycles. The van der Waals surface area contributed by atoms with E-state index in [-0.39, 0.29) is 30.3 Å². The van der Waals surface area contributed by atoms with E-state index in [2.05, 4.69) is 5.32 Å². The molecule has 2 N–H and O–H groups in total.